The minimum absolute atomic E-state index is 0. The summed E-state index contributed by atoms with van der Waals surface area (Å²) in [6, 6.07) is 12.8. The van der Waals surface area contributed by atoms with Crippen molar-refractivity contribution >= 4 is 28.1 Å². The fourth-order valence-electron chi connectivity index (χ4n) is 3.13. The number of benzene rings is 2. The second-order valence-electron chi connectivity index (χ2n) is 5.75. The smallest absolute Gasteiger partial charge is 0.264 e. The van der Waals surface area contributed by atoms with Crippen molar-refractivity contribution in [3.8, 4) is 5.75 Å². The van der Waals surface area contributed by atoms with Gasteiger partial charge in [-0.1, -0.05) is 18.2 Å². The zero-order valence-corrected chi connectivity index (χ0v) is 14.7. The fraction of sp³-hybridized carbons (Fsp3) is 0.294. The predicted octanol–water partition coefficient (Wildman–Crippen LogP) is 2.34. The molecule has 2 aromatic carbocycles. The summed E-state index contributed by atoms with van der Waals surface area (Å²) in [6.07, 6.45) is 0.761. The molecule has 2 heterocycles. The Kier molecular flexibility index (Phi) is 4.71. The van der Waals surface area contributed by atoms with Crippen LogP contribution in [0.15, 0.2) is 47.4 Å². The van der Waals surface area contributed by atoms with Crippen molar-refractivity contribution in [2.24, 2.45) is 0 Å². The van der Waals surface area contributed by atoms with Crippen LogP contribution in [-0.2, 0) is 23.0 Å². The monoisotopic (exact) mass is 366 g/mol. The highest BCUT2D eigenvalue weighted by Crippen LogP contribution is 2.32. The Balaban J connectivity index is 0.00000169. The molecule has 2 aliphatic heterocycles. The van der Waals surface area contributed by atoms with Gasteiger partial charge in [0.15, 0.2) is 0 Å². The number of sulfonamides is 1. The van der Waals surface area contributed by atoms with Crippen LogP contribution in [0.3, 0.4) is 0 Å². The van der Waals surface area contributed by atoms with Gasteiger partial charge < -0.3 is 10.1 Å². The lowest BCUT2D eigenvalue weighted by Gasteiger charge is -2.24. The lowest BCUT2D eigenvalue weighted by molar-refractivity contribution is 0.356. The van der Waals surface area contributed by atoms with Crippen LogP contribution in [0.5, 0.6) is 5.75 Å². The van der Waals surface area contributed by atoms with E-state index in [2.05, 4.69) is 5.32 Å². The van der Waals surface area contributed by atoms with Crippen LogP contribution in [0.4, 0.5) is 5.69 Å². The SMILES string of the molecule is Cl.O=S(=O)(c1ccc2c(c1)CCO2)N1CCNCc2ccccc21. The lowest BCUT2D eigenvalue weighted by Crippen LogP contribution is -2.34. The lowest BCUT2D eigenvalue weighted by atomic mass is 10.2. The van der Waals surface area contributed by atoms with Gasteiger partial charge in [0.2, 0.25) is 0 Å². The Bertz CT molecular complexity index is 855. The van der Waals surface area contributed by atoms with Crippen LogP contribution in [0.1, 0.15) is 11.1 Å². The number of halogens is 1. The molecule has 0 unspecified atom stereocenters. The van der Waals surface area contributed by atoms with Gasteiger partial charge in [-0.3, -0.25) is 4.31 Å². The molecule has 2 aliphatic rings. The van der Waals surface area contributed by atoms with Crippen LogP contribution in [0, 0.1) is 0 Å². The van der Waals surface area contributed by atoms with Gasteiger partial charge in [-0.25, -0.2) is 8.42 Å². The third-order valence-electron chi connectivity index (χ3n) is 4.32. The van der Waals surface area contributed by atoms with Gasteiger partial charge in [0.05, 0.1) is 17.2 Å². The van der Waals surface area contributed by atoms with Gasteiger partial charge in [0.25, 0.3) is 10.0 Å². The summed E-state index contributed by atoms with van der Waals surface area (Å²) < 4.78 is 33.3. The van der Waals surface area contributed by atoms with E-state index < -0.39 is 10.0 Å². The standard InChI is InChI=1S/C17H18N2O3S.ClH/c20-23(21,15-5-6-17-13(11-15)7-10-22-17)19-9-8-18-12-14-3-1-2-4-16(14)19;/h1-6,11,18H,7-10,12H2;1H. The van der Waals surface area contributed by atoms with E-state index in [1.807, 2.05) is 24.3 Å². The molecule has 0 fully saturated rings. The molecule has 0 aromatic heterocycles. The first kappa shape index (κ1) is 17.1. The van der Waals surface area contributed by atoms with E-state index in [9.17, 15) is 8.42 Å². The van der Waals surface area contributed by atoms with Gasteiger partial charge in [0.1, 0.15) is 5.75 Å². The van der Waals surface area contributed by atoms with E-state index in [1.165, 1.54) is 4.31 Å². The van der Waals surface area contributed by atoms with E-state index in [-0.39, 0.29) is 12.4 Å². The number of ether oxygens (including phenoxy) is 1. The summed E-state index contributed by atoms with van der Waals surface area (Å²) in [7, 11) is -3.58. The molecule has 4 rings (SSSR count). The van der Waals surface area contributed by atoms with E-state index in [4.69, 9.17) is 4.74 Å². The van der Waals surface area contributed by atoms with E-state index in [0.717, 1.165) is 29.0 Å². The molecular weight excluding hydrogens is 348 g/mol. The van der Waals surface area contributed by atoms with Crippen molar-refractivity contribution < 1.29 is 13.2 Å². The van der Waals surface area contributed by atoms with Crippen molar-refractivity contribution in [2.75, 3.05) is 24.0 Å². The van der Waals surface area contributed by atoms with Crippen LogP contribution < -0.4 is 14.4 Å². The Morgan fingerprint density at radius 2 is 1.92 bits per heavy atom. The molecule has 0 amide bonds. The Morgan fingerprint density at radius 3 is 2.79 bits per heavy atom. The van der Waals surface area contributed by atoms with Gasteiger partial charge in [-0.15, -0.1) is 12.4 Å². The first-order valence-electron chi connectivity index (χ1n) is 7.73. The molecule has 0 aliphatic carbocycles. The minimum Gasteiger partial charge on any atom is -0.493 e. The number of fused-ring (bicyclic) bond motifs is 2. The molecule has 24 heavy (non-hydrogen) atoms. The Labute approximate surface area is 148 Å². The Hall–Kier alpha value is -1.76. The maximum Gasteiger partial charge on any atom is 0.264 e. The summed E-state index contributed by atoms with van der Waals surface area (Å²) in [6.45, 7) is 2.35. The highest BCUT2D eigenvalue weighted by Gasteiger charge is 2.29. The van der Waals surface area contributed by atoms with Crippen LogP contribution >= 0.6 is 12.4 Å². The van der Waals surface area contributed by atoms with Gasteiger partial charge in [0, 0.05) is 26.1 Å². The highest BCUT2D eigenvalue weighted by atomic mass is 35.5. The normalized spacial score (nSPS) is 16.4. The number of hydrogen-bond acceptors (Lipinski definition) is 4. The molecule has 128 valence electrons. The number of para-hydroxylation sites is 1. The number of nitrogens with one attached hydrogen (secondary N) is 1. The minimum atomic E-state index is -3.58. The third-order valence-corrected chi connectivity index (χ3v) is 6.13. The summed E-state index contributed by atoms with van der Waals surface area (Å²) in [5, 5.41) is 3.27. The molecule has 0 atom stereocenters. The average molecular weight is 367 g/mol. The van der Waals surface area contributed by atoms with Crippen LogP contribution in [-0.4, -0.2) is 28.1 Å². The maximum absolute atomic E-state index is 13.2. The average Bonchev–Trinajstić information content (AvgIpc) is 2.92. The van der Waals surface area contributed by atoms with Gasteiger partial charge in [-0.2, -0.15) is 0 Å². The highest BCUT2D eigenvalue weighted by molar-refractivity contribution is 7.92. The molecule has 0 saturated heterocycles. The molecule has 0 bridgehead atoms. The molecule has 5 nitrogen and oxygen atoms in total. The second-order valence-corrected chi connectivity index (χ2v) is 7.61. The Morgan fingerprint density at radius 1 is 1.08 bits per heavy atom. The van der Waals surface area contributed by atoms with E-state index in [0.29, 0.717) is 31.1 Å². The summed E-state index contributed by atoms with van der Waals surface area (Å²) in [5.41, 5.74) is 2.72. The number of nitrogens with zero attached hydrogens (tertiary/aromatic N) is 1. The third kappa shape index (κ3) is 2.85. The molecule has 0 saturated carbocycles. The summed E-state index contributed by atoms with van der Waals surface area (Å²) in [5.74, 6) is 0.793. The van der Waals surface area contributed by atoms with Crippen molar-refractivity contribution in [1.29, 1.82) is 0 Å². The molecular formula is C17H19ClN2O3S. The number of rotatable bonds is 2. The van der Waals surface area contributed by atoms with Crippen LogP contribution in [0.25, 0.3) is 0 Å². The molecule has 0 radical (unpaired) electrons. The number of hydrogen-bond donors (Lipinski definition) is 1. The van der Waals surface area contributed by atoms with E-state index >= 15 is 0 Å². The molecule has 1 N–H and O–H groups in total. The predicted molar refractivity (Wildman–Crippen MR) is 95.6 cm³/mol. The fourth-order valence-corrected chi connectivity index (χ4v) is 4.68. The van der Waals surface area contributed by atoms with Crippen molar-refractivity contribution in [3.63, 3.8) is 0 Å². The second kappa shape index (κ2) is 6.63. The summed E-state index contributed by atoms with van der Waals surface area (Å²) >= 11 is 0. The van der Waals surface area contributed by atoms with E-state index in [1.54, 1.807) is 18.2 Å². The maximum atomic E-state index is 13.2. The largest absolute Gasteiger partial charge is 0.493 e. The zero-order valence-electron chi connectivity index (χ0n) is 13.1. The summed E-state index contributed by atoms with van der Waals surface area (Å²) in [4.78, 5) is 0.332. The van der Waals surface area contributed by atoms with Crippen molar-refractivity contribution in [1.82, 2.24) is 5.32 Å². The zero-order chi connectivity index (χ0) is 15.9. The quantitative estimate of drug-likeness (QED) is 0.886. The van der Waals surface area contributed by atoms with Crippen molar-refractivity contribution in [3.05, 3.63) is 53.6 Å². The molecule has 0 spiro atoms. The molecule has 2 aromatic rings. The van der Waals surface area contributed by atoms with Crippen LogP contribution in [0.2, 0.25) is 0 Å². The van der Waals surface area contributed by atoms with Crippen molar-refractivity contribution in [2.45, 2.75) is 17.9 Å². The first-order chi connectivity index (χ1) is 11.2. The molecule has 7 heteroatoms. The van der Waals surface area contributed by atoms with Gasteiger partial charge in [-0.05, 0) is 35.4 Å². The topological polar surface area (TPSA) is 58.6 Å². The number of anilines is 1. The first-order valence-corrected chi connectivity index (χ1v) is 9.17. The van der Waals surface area contributed by atoms with Gasteiger partial charge >= 0.3 is 0 Å².